The molecule has 200 valence electrons. The fourth-order valence-corrected chi connectivity index (χ4v) is 4.60. The van der Waals surface area contributed by atoms with Crippen LogP contribution in [0.15, 0.2) is 91.0 Å². The average molecular weight is 562 g/mol. The number of benzene rings is 4. The number of amides is 1. The van der Waals surface area contributed by atoms with Gasteiger partial charge in [-0.3, -0.25) is 9.59 Å². The van der Waals surface area contributed by atoms with Crippen LogP contribution in [-0.4, -0.2) is 25.0 Å². The highest BCUT2D eigenvalue weighted by Gasteiger charge is 2.14. The lowest BCUT2D eigenvalue weighted by molar-refractivity contribution is -0.142. The summed E-state index contributed by atoms with van der Waals surface area (Å²) in [6.45, 7) is 4.40. The van der Waals surface area contributed by atoms with Crippen molar-refractivity contribution < 1.29 is 14.3 Å². The third-order valence-corrected chi connectivity index (χ3v) is 6.79. The predicted octanol–water partition coefficient (Wildman–Crippen LogP) is 8.18. The van der Waals surface area contributed by atoms with E-state index in [1.165, 1.54) is 0 Å². The molecule has 0 aliphatic rings. The van der Waals surface area contributed by atoms with Crippen molar-refractivity contribution in [1.82, 2.24) is 5.32 Å². The molecule has 1 atom stereocenters. The average Bonchev–Trinajstić information content (AvgIpc) is 2.94. The first kappa shape index (κ1) is 28.2. The van der Waals surface area contributed by atoms with Crippen LogP contribution in [0.3, 0.4) is 0 Å². The van der Waals surface area contributed by atoms with Crippen molar-refractivity contribution in [3.05, 3.63) is 112 Å². The minimum atomic E-state index is -0.332. The Bertz CT molecular complexity index is 1420. The Balaban J connectivity index is 1.45. The number of nitrogens with one attached hydrogen (secondary N) is 2. The van der Waals surface area contributed by atoms with Crippen LogP contribution >= 0.6 is 23.2 Å². The Morgan fingerprint density at radius 2 is 1.38 bits per heavy atom. The molecule has 5 nitrogen and oxygen atoms in total. The molecule has 0 bridgehead atoms. The van der Waals surface area contributed by atoms with E-state index in [1.807, 2.05) is 54.6 Å². The molecule has 4 rings (SSSR count). The second-order valence-electron chi connectivity index (χ2n) is 9.07. The summed E-state index contributed by atoms with van der Waals surface area (Å²) in [5, 5.41) is 7.68. The molecular weight excluding hydrogens is 531 g/mol. The highest BCUT2D eigenvalue weighted by Crippen LogP contribution is 2.33. The van der Waals surface area contributed by atoms with E-state index in [9.17, 15) is 9.59 Å². The summed E-state index contributed by atoms with van der Waals surface area (Å²) in [6, 6.07) is 29.3. The van der Waals surface area contributed by atoms with E-state index in [0.29, 0.717) is 22.2 Å². The van der Waals surface area contributed by atoms with E-state index in [4.69, 9.17) is 27.9 Å². The van der Waals surface area contributed by atoms with Crippen LogP contribution in [0.2, 0.25) is 10.0 Å². The van der Waals surface area contributed by atoms with Crippen molar-refractivity contribution in [2.45, 2.75) is 26.3 Å². The van der Waals surface area contributed by atoms with Gasteiger partial charge in [0.2, 0.25) is 0 Å². The van der Waals surface area contributed by atoms with E-state index in [2.05, 4.69) is 41.8 Å². The number of hydrogen-bond donors (Lipinski definition) is 2. The Kier molecular flexibility index (Phi) is 9.64. The fourth-order valence-electron chi connectivity index (χ4n) is 4.30. The standard InChI is InChI=1S/C32H30Cl2N2O3/c1-3-39-31(37)18-19-35-32(38)25-6-4-24(5-7-25)30-20-27(34)14-17-29(30)21(2)36-28-15-10-23(11-16-28)22-8-12-26(33)13-9-22/h4-17,20-21,36H,3,18-19H2,1-2H3,(H,35,38). The van der Waals surface area contributed by atoms with Gasteiger partial charge in [-0.05, 0) is 90.2 Å². The van der Waals surface area contributed by atoms with Crippen LogP contribution in [0.25, 0.3) is 22.3 Å². The van der Waals surface area contributed by atoms with Crippen molar-refractivity contribution in [1.29, 1.82) is 0 Å². The van der Waals surface area contributed by atoms with Crippen molar-refractivity contribution in [2.75, 3.05) is 18.5 Å². The first-order chi connectivity index (χ1) is 18.8. The molecule has 0 fully saturated rings. The highest BCUT2D eigenvalue weighted by molar-refractivity contribution is 6.31. The van der Waals surface area contributed by atoms with Crippen molar-refractivity contribution in [3.63, 3.8) is 0 Å². The fraction of sp³-hybridized carbons (Fsp3) is 0.188. The van der Waals surface area contributed by atoms with Gasteiger partial charge < -0.3 is 15.4 Å². The molecule has 0 radical (unpaired) electrons. The van der Waals surface area contributed by atoms with E-state index >= 15 is 0 Å². The minimum Gasteiger partial charge on any atom is -0.466 e. The molecule has 2 N–H and O–H groups in total. The molecule has 7 heteroatoms. The number of carbonyl (C=O) groups is 2. The molecule has 0 heterocycles. The van der Waals surface area contributed by atoms with Gasteiger partial charge in [0.05, 0.1) is 13.0 Å². The minimum absolute atomic E-state index is 0.00972. The summed E-state index contributed by atoms with van der Waals surface area (Å²) >= 11 is 12.4. The number of hydrogen-bond acceptors (Lipinski definition) is 4. The van der Waals surface area contributed by atoms with Gasteiger partial charge in [0.1, 0.15) is 0 Å². The molecule has 0 aromatic heterocycles. The number of halogens is 2. The molecule has 1 amide bonds. The van der Waals surface area contributed by atoms with Crippen LogP contribution in [-0.2, 0) is 9.53 Å². The van der Waals surface area contributed by atoms with Gasteiger partial charge in [-0.25, -0.2) is 0 Å². The topological polar surface area (TPSA) is 67.4 Å². The molecule has 4 aromatic rings. The molecule has 1 unspecified atom stereocenters. The number of esters is 1. The van der Waals surface area contributed by atoms with Gasteiger partial charge in [-0.15, -0.1) is 0 Å². The van der Waals surface area contributed by atoms with Crippen LogP contribution < -0.4 is 10.6 Å². The Hall–Kier alpha value is -3.80. The third-order valence-electron chi connectivity index (χ3n) is 6.31. The zero-order valence-electron chi connectivity index (χ0n) is 21.8. The lowest BCUT2D eigenvalue weighted by atomic mass is 9.94. The monoisotopic (exact) mass is 560 g/mol. The summed E-state index contributed by atoms with van der Waals surface area (Å²) in [5.74, 6) is -0.573. The molecule has 4 aromatic carbocycles. The summed E-state index contributed by atoms with van der Waals surface area (Å²) in [6.07, 6.45) is 0.137. The molecule has 39 heavy (non-hydrogen) atoms. The van der Waals surface area contributed by atoms with Gasteiger partial charge >= 0.3 is 5.97 Å². The number of carbonyl (C=O) groups excluding carboxylic acids is 2. The summed E-state index contributed by atoms with van der Waals surface area (Å²) in [4.78, 5) is 24.0. The predicted molar refractivity (Wildman–Crippen MR) is 159 cm³/mol. The smallest absolute Gasteiger partial charge is 0.307 e. The molecule has 0 saturated carbocycles. The SMILES string of the molecule is CCOC(=O)CCNC(=O)c1ccc(-c2cc(Cl)ccc2C(C)Nc2ccc(-c3ccc(Cl)cc3)cc2)cc1. The first-order valence-corrected chi connectivity index (χ1v) is 13.6. The Labute approximate surface area is 239 Å². The summed E-state index contributed by atoms with van der Waals surface area (Å²) in [5.41, 5.74) is 6.73. The van der Waals surface area contributed by atoms with Crippen LogP contribution in [0.5, 0.6) is 0 Å². The van der Waals surface area contributed by atoms with Gasteiger partial charge in [0.25, 0.3) is 5.91 Å². The molecule has 0 aliphatic heterocycles. The third kappa shape index (κ3) is 7.62. The molecule has 0 aliphatic carbocycles. The van der Waals surface area contributed by atoms with Crippen LogP contribution in [0.4, 0.5) is 5.69 Å². The van der Waals surface area contributed by atoms with Crippen LogP contribution in [0.1, 0.15) is 42.2 Å². The highest BCUT2D eigenvalue weighted by atomic mass is 35.5. The molecule has 0 spiro atoms. The zero-order chi connectivity index (χ0) is 27.8. The molecule has 0 saturated heterocycles. The maximum absolute atomic E-state index is 12.5. The normalized spacial score (nSPS) is 11.5. The second-order valence-corrected chi connectivity index (χ2v) is 9.94. The van der Waals surface area contributed by atoms with Crippen molar-refractivity contribution in [3.8, 4) is 22.3 Å². The first-order valence-electron chi connectivity index (χ1n) is 12.8. The number of anilines is 1. The van der Waals surface area contributed by atoms with E-state index in [0.717, 1.165) is 33.5 Å². The van der Waals surface area contributed by atoms with Crippen molar-refractivity contribution in [2.24, 2.45) is 0 Å². The quantitative estimate of drug-likeness (QED) is 0.192. The van der Waals surface area contributed by atoms with E-state index < -0.39 is 0 Å². The maximum atomic E-state index is 12.5. The second kappa shape index (κ2) is 13.3. The lowest BCUT2D eigenvalue weighted by Crippen LogP contribution is -2.26. The van der Waals surface area contributed by atoms with Gasteiger partial charge in [-0.1, -0.05) is 65.7 Å². The van der Waals surface area contributed by atoms with Crippen LogP contribution in [0, 0.1) is 0 Å². The summed E-state index contributed by atoms with van der Waals surface area (Å²) in [7, 11) is 0. The summed E-state index contributed by atoms with van der Waals surface area (Å²) < 4.78 is 4.89. The Morgan fingerprint density at radius 3 is 2.03 bits per heavy atom. The van der Waals surface area contributed by atoms with E-state index in [-0.39, 0.29) is 30.9 Å². The zero-order valence-corrected chi connectivity index (χ0v) is 23.4. The van der Waals surface area contributed by atoms with Crippen molar-refractivity contribution >= 4 is 40.8 Å². The molecular formula is C32H30Cl2N2O3. The van der Waals surface area contributed by atoms with Gasteiger partial charge in [-0.2, -0.15) is 0 Å². The lowest BCUT2D eigenvalue weighted by Gasteiger charge is -2.20. The van der Waals surface area contributed by atoms with Gasteiger partial charge in [0, 0.05) is 33.9 Å². The van der Waals surface area contributed by atoms with E-state index in [1.54, 1.807) is 19.1 Å². The maximum Gasteiger partial charge on any atom is 0.307 e. The van der Waals surface area contributed by atoms with Gasteiger partial charge in [0.15, 0.2) is 0 Å². The Morgan fingerprint density at radius 1 is 0.795 bits per heavy atom. The number of rotatable bonds is 10. The number of ether oxygens (including phenoxy) is 1. The largest absolute Gasteiger partial charge is 0.466 e.